The molecule has 1 aromatic rings. The molecule has 96 valence electrons. The molecule has 0 bridgehead atoms. The van der Waals surface area contributed by atoms with Gasteiger partial charge in [-0.1, -0.05) is 28.1 Å². The van der Waals surface area contributed by atoms with Gasteiger partial charge in [0.2, 0.25) is 0 Å². The smallest absolute Gasteiger partial charge is 0.315 e. The van der Waals surface area contributed by atoms with Crippen LogP contribution in [0.2, 0.25) is 0 Å². The maximum absolute atomic E-state index is 12.7. The molecule has 1 nitrogen and oxygen atoms in total. The SMILES string of the molecule is CC(F)(F)C(F)(F)OCCc1ccc(Br)cc1. The summed E-state index contributed by atoms with van der Waals surface area (Å²) in [7, 11) is 0. The molecule has 0 aliphatic carbocycles. The standard InChI is InChI=1S/C11H11BrF4O/c1-10(13,14)11(15,16)17-7-6-8-2-4-9(12)5-3-8/h2-5H,6-7H2,1H3. The van der Waals surface area contributed by atoms with Crippen molar-refractivity contribution in [1.82, 2.24) is 0 Å². The van der Waals surface area contributed by atoms with Crippen LogP contribution in [0, 0.1) is 0 Å². The first-order valence-electron chi connectivity index (χ1n) is 4.86. The van der Waals surface area contributed by atoms with Crippen LogP contribution in [0.5, 0.6) is 0 Å². The monoisotopic (exact) mass is 314 g/mol. The molecule has 0 amide bonds. The van der Waals surface area contributed by atoms with Crippen molar-refractivity contribution < 1.29 is 22.3 Å². The van der Waals surface area contributed by atoms with E-state index in [0.717, 1.165) is 10.0 Å². The van der Waals surface area contributed by atoms with Gasteiger partial charge in [-0.3, -0.25) is 0 Å². The van der Waals surface area contributed by atoms with Gasteiger partial charge in [0.25, 0.3) is 0 Å². The van der Waals surface area contributed by atoms with Crippen LogP contribution in [-0.4, -0.2) is 18.6 Å². The van der Waals surface area contributed by atoms with E-state index in [1.807, 2.05) is 0 Å². The van der Waals surface area contributed by atoms with E-state index in [9.17, 15) is 17.6 Å². The molecule has 0 radical (unpaired) electrons. The minimum absolute atomic E-state index is 0.132. The highest BCUT2D eigenvalue weighted by molar-refractivity contribution is 9.10. The molecular weight excluding hydrogens is 304 g/mol. The molecule has 0 spiro atoms. The second kappa shape index (κ2) is 5.35. The van der Waals surface area contributed by atoms with Crippen LogP contribution in [0.1, 0.15) is 12.5 Å². The van der Waals surface area contributed by atoms with Gasteiger partial charge in [-0.05, 0) is 24.1 Å². The third-order valence-corrected chi connectivity index (χ3v) is 2.63. The number of hydrogen-bond acceptors (Lipinski definition) is 1. The maximum Gasteiger partial charge on any atom is 0.419 e. The lowest BCUT2D eigenvalue weighted by Crippen LogP contribution is -2.40. The van der Waals surface area contributed by atoms with Crippen LogP contribution in [0.3, 0.4) is 0 Å². The first-order valence-corrected chi connectivity index (χ1v) is 5.66. The largest absolute Gasteiger partial charge is 0.419 e. The van der Waals surface area contributed by atoms with Crippen LogP contribution in [-0.2, 0) is 11.2 Å². The zero-order valence-electron chi connectivity index (χ0n) is 9.02. The van der Waals surface area contributed by atoms with Gasteiger partial charge in [-0.15, -0.1) is 0 Å². The Balaban J connectivity index is 2.45. The Hall–Kier alpha value is -0.620. The van der Waals surface area contributed by atoms with Crippen LogP contribution in [0.25, 0.3) is 0 Å². The molecule has 0 heterocycles. The van der Waals surface area contributed by atoms with Crippen LogP contribution < -0.4 is 0 Å². The minimum atomic E-state index is -4.43. The zero-order chi connectivity index (χ0) is 13.1. The number of halogens is 5. The first-order chi connectivity index (χ1) is 7.72. The van der Waals surface area contributed by atoms with E-state index in [2.05, 4.69) is 20.7 Å². The molecule has 1 aromatic carbocycles. The van der Waals surface area contributed by atoms with Gasteiger partial charge in [0.05, 0.1) is 6.61 Å². The summed E-state index contributed by atoms with van der Waals surface area (Å²) >= 11 is 3.22. The van der Waals surface area contributed by atoms with Crippen molar-refractivity contribution >= 4 is 15.9 Å². The van der Waals surface area contributed by atoms with Crippen molar-refractivity contribution in [3.8, 4) is 0 Å². The third kappa shape index (κ3) is 4.27. The summed E-state index contributed by atoms with van der Waals surface area (Å²) in [5, 5.41) is 0. The van der Waals surface area contributed by atoms with E-state index >= 15 is 0 Å². The molecule has 0 N–H and O–H groups in total. The fraction of sp³-hybridized carbons (Fsp3) is 0.455. The van der Waals surface area contributed by atoms with Crippen molar-refractivity contribution in [2.75, 3.05) is 6.61 Å². The number of ether oxygens (including phenoxy) is 1. The summed E-state index contributed by atoms with van der Waals surface area (Å²) < 4.78 is 55.0. The summed E-state index contributed by atoms with van der Waals surface area (Å²) in [5.74, 6) is -4.17. The lowest BCUT2D eigenvalue weighted by Gasteiger charge is -2.22. The van der Waals surface area contributed by atoms with Crippen molar-refractivity contribution in [1.29, 1.82) is 0 Å². The molecule has 0 saturated carbocycles. The summed E-state index contributed by atoms with van der Waals surface area (Å²) in [5.41, 5.74) is 0.739. The van der Waals surface area contributed by atoms with Gasteiger partial charge < -0.3 is 4.74 Å². The topological polar surface area (TPSA) is 9.23 Å². The Kier molecular flexibility index (Phi) is 4.55. The van der Waals surface area contributed by atoms with E-state index in [0.29, 0.717) is 0 Å². The second-order valence-corrected chi connectivity index (χ2v) is 4.55. The summed E-state index contributed by atoms with van der Waals surface area (Å²) in [6.07, 6.45) is -4.28. The Bertz CT molecular complexity index is 359. The third-order valence-electron chi connectivity index (χ3n) is 2.10. The normalized spacial score (nSPS) is 12.8. The Labute approximate surface area is 105 Å². The van der Waals surface area contributed by atoms with E-state index in [1.54, 1.807) is 24.3 Å². The van der Waals surface area contributed by atoms with Crippen molar-refractivity contribution in [2.45, 2.75) is 25.4 Å². The molecule has 0 aromatic heterocycles. The van der Waals surface area contributed by atoms with E-state index in [1.165, 1.54) is 0 Å². The molecule has 0 aliphatic heterocycles. The first kappa shape index (κ1) is 14.4. The number of benzene rings is 1. The average molecular weight is 315 g/mol. The van der Waals surface area contributed by atoms with Crippen molar-refractivity contribution in [3.05, 3.63) is 34.3 Å². The highest BCUT2D eigenvalue weighted by atomic mass is 79.9. The van der Waals surface area contributed by atoms with Crippen molar-refractivity contribution in [3.63, 3.8) is 0 Å². The predicted molar refractivity (Wildman–Crippen MR) is 59.4 cm³/mol. The second-order valence-electron chi connectivity index (χ2n) is 3.63. The quantitative estimate of drug-likeness (QED) is 0.738. The van der Waals surface area contributed by atoms with Gasteiger partial charge in [0.15, 0.2) is 0 Å². The van der Waals surface area contributed by atoms with Gasteiger partial charge in [0, 0.05) is 11.4 Å². The maximum atomic E-state index is 12.7. The van der Waals surface area contributed by atoms with Gasteiger partial charge in [-0.2, -0.15) is 17.6 Å². The summed E-state index contributed by atoms with van der Waals surface area (Å²) in [6, 6.07) is 6.88. The Morgan fingerprint density at radius 3 is 2.12 bits per heavy atom. The fourth-order valence-electron chi connectivity index (χ4n) is 1.07. The highest BCUT2D eigenvalue weighted by Crippen LogP contribution is 2.34. The molecule has 0 saturated heterocycles. The lowest BCUT2D eigenvalue weighted by molar-refractivity contribution is -0.340. The van der Waals surface area contributed by atoms with Crippen LogP contribution in [0.15, 0.2) is 28.7 Å². The molecule has 0 atom stereocenters. The van der Waals surface area contributed by atoms with Gasteiger partial charge in [0.1, 0.15) is 0 Å². The number of hydrogen-bond donors (Lipinski definition) is 0. The van der Waals surface area contributed by atoms with E-state index in [-0.39, 0.29) is 13.3 Å². The zero-order valence-corrected chi connectivity index (χ0v) is 10.6. The van der Waals surface area contributed by atoms with Gasteiger partial charge in [-0.25, -0.2) is 0 Å². The lowest BCUT2D eigenvalue weighted by atomic mass is 10.2. The van der Waals surface area contributed by atoms with E-state index in [4.69, 9.17) is 0 Å². The molecular formula is C11H11BrF4O. The molecule has 0 unspecified atom stereocenters. The van der Waals surface area contributed by atoms with Crippen LogP contribution >= 0.6 is 15.9 Å². The summed E-state index contributed by atoms with van der Waals surface area (Å²) in [6.45, 7) is -0.329. The Morgan fingerprint density at radius 1 is 1.12 bits per heavy atom. The van der Waals surface area contributed by atoms with Gasteiger partial charge >= 0.3 is 12.0 Å². The average Bonchev–Trinajstić information content (AvgIpc) is 2.19. The summed E-state index contributed by atoms with van der Waals surface area (Å²) in [4.78, 5) is 0. The minimum Gasteiger partial charge on any atom is -0.315 e. The van der Waals surface area contributed by atoms with Crippen molar-refractivity contribution in [2.24, 2.45) is 0 Å². The number of alkyl halides is 4. The molecule has 1 rings (SSSR count). The van der Waals surface area contributed by atoms with E-state index < -0.39 is 18.6 Å². The Morgan fingerprint density at radius 2 is 1.65 bits per heavy atom. The van der Waals surface area contributed by atoms with Crippen LogP contribution in [0.4, 0.5) is 17.6 Å². The molecule has 6 heteroatoms. The predicted octanol–water partition coefficient (Wildman–Crippen LogP) is 4.26. The molecule has 17 heavy (non-hydrogen) atoms. The molecule has 0 aliphatic rings. The number of rotatable bonds is 5. The fourth-order valence-corrected chi connectivity index (χ4v) is 1.34. The highest BCUT2D eigenvalue weighted by Gasteiger charge is 2.53. The molecule has 0 fully saturated rings.